The molecular weight excluding hydrogens is 423 g/mol. The second-order valence-electron chi connectivity index (χ2n) is 6.33. The van der Waals surface area contributed by atoms with E-state index in [4.69, 9.17) is 11.6 Å². The number of nitrogens with one attached hydrogen (secondary N) is 1. The van der Waals surface area contributed by atoms with E-state index in [1.807, 2.05) is 0 Å². The van der Waals surface area contributed by atoms with Crippen LogP contribution in [-0.4, -0.2) is 20.4 Å². The predicted molar refractivity (Wildman–Crippen MR) is 107 cm³/mol. The molecule has 1 aromatic heterocycles. The van der Waals surface area contributed by atoms with Crippen molar-refractivity contribution in [1.29, 1.82) is 0 Å². The molecule has 0 bridgehead atoms. The van der Waals surface area contributed by atoms with E-state index < -0.39 is 28.9 Å². The predicted octanol–water partition coefficient (Wildman–Crippen LogP) is 3.91. The molecule has 3 rings (SSSR count). The smallest absolute Gasteiger partial charge is 0.416 e. The molecule has 0 spiro atoms. The van der Waals surface area contributed by atoms with Gasteiger partial charge in [-0.1, -0.05) is 35.9 Å². The highest BCUT2D eigenvalue weighted by Gasteiger charge is 2.32. The monoisotopic (exact) mass is 437 g/mol. The third-order valence-electron chi connectivity index (χ3n) is 4.32. The molecule has 0 radical (unpaired) electrons. The number of halogens is 4. The van der Waals surface area contributed by atoms with E-state index in [1.54, 1.807) is 12.1 Å². The summed E-state index contributed by atoms with van der Waals surface area (Å²) in [5.41, 5.74) is -2.94. The lowest BCUT2D eigenvalue weighted by atomic mass is 10.1. The van der Waals surface area contributed by atoms with Gasteiger partial charge in [-0.05, 0) is 36.8 Å². The maximum atomic E-state index is 13.1. The Bertz CT molecular complexity index is 1250. The first-order valence-electron chi connectivity index (χ1n) is 8.60. The molecular formula is C20H15ClF3N3O3. The molecule has 0 aliphatic heterocycles. The summed E-state index contributed by atoms with van der Waals surface area (Å²) in [5.74, 6) is -0.698. The molecule has 1 heterocycles. The summed E-state index contributed by atoms with van der Waals surface area (Å²) >= 11 is 5.92. The van der Waals surface area contributed by atoms with Crippen LogP contribution in [0.2, 0.25) is 5.02 Å². The average Bonchev–Trinajstić information content (AvgIpc) is 2.65. The van der Waals surface area contributed by atoms with Crippen molar-refractivity contribution in [3.05, 3.63) is 91.1 Å². The van der Waals surface area contributed by atoms with Gasteiger partial charge in [0.2, 0.25) is 5.88 Å². The number of alkyl halides is 3. The zero-order valence-electron chi connectivity index (χ0n) is 15.5. The van der Waals surface area contributed by atoms with Gasteiger partial charge in [0.1, 0.15) is 5.56 Å². The topological polar surface area (TPSA) is 87.4 Å². The molecule has 0 aliphatic rings. The molecule has 3 aromatic rings. The van der Waals surface area contributed by atoms with E-state index >= 15 is 0 Å². The van der Waals surface area contributed by atoms with Gasteiger partial charge < -0.3 is 5.11 Å². The highest BCUT2D eigenvalue weighted by Crippen LogP contribution is 2.32. The van der Waals surface area contributed by atoms with E-state index in [0.717, 1.165) is 10.6 Å². The maximum Gasteiger partial charge on any atom is 0.416 e. The number of nitrogens with zero attached hydrogens (tertiary/aromatic N) is 2. The third kappa shape index (κ3) is 4.30. The number of aromatic hydroxyl groups is 1. The van der Waals surface area contributed by atoms with Crippen LogP contribution in [0.15, 0.2) is 63.1 Å². The van der Waals surface area contributed by atoms with Crippen molar-refractivity contribution in [2.24, 2.45) is 4.99 Å². The minimum absolute atomic E-state index is 0.0403. The Kier molecular flexibility index (Phi) is 5.84. The minimum atomic E-state index is -4.56. The van der Waals surface area contributed by atoms with Crippen molar-refractivity contribution in [3.63, 3.8) is 0 Å². The van der Waals surface area contributed by atoms with Gasteiger partial charge in [0.15, 0.2) is 0 Å². The lowest BCUT2D eigenvalue weighted by Gasteiger charge is -2.13. The second-order valence-corrected chi connectivity index (χ2v) is 6.77. The van der Waals surface area contributed by atoms with Gasteiger partial charge in [-0.3, -0.25) is 14.8 Å². The van der Waals surface area contributed by atoms with Crippen LogP contribution in [0.25, 0.3) is 5.69 Å². The number of benzene rings is 2. The van der Waals surface area contributed by atoms with Gasteiger partial charge in [0, 0.05) is 5.02 Å². The van der Waals surface area contributed by atoms with E-state index in [1.165, 1.54) is 37.3 Å². The summed E-state index contributed by atoms with van der Waals surface area (Å²) in [6.45, 7) is 0.976. The summed E-state index contributed by atoms with van der Waals surface area (Å²) in [5, 5.41) is 10.9. The number of aromatic nitrogens is 2. The molecule has 156 valence electrons. The van der Waals surface area contributed by atoms with E-state index in [0.29, 0.717) is 5.02 Å². The van der Waals surface area contributed by atoms with Crippen molar-refractivity contribution >= 4 is 17.3 Å². The highest BCUT2D eigenvalue weighted by atomic mass is 35.5. The molecule has 0 atom stereocenters. The van der Waals surface area contributed by atoms with Crippen LogP contribution in [-0.2, 0) is 12.7 Å². The van der Waals surface area contributed by atoms with Crippen molar-refractivity contribution in [1.82, 2.24) is 9.55 Å². The summed E-state index contributed by atoms with van der Waals surface area (Å²) in [6, 6.07) is 10.9. The van der Waals surface area contributed by atoms with Crippen LogP contribution in [0.4, 0.5) is 13.2 Å². The zero-order valence-corrected chi connectivity index (χ0v) is 16.3. The van der Waals surface area contributed by atoms with E-state index in [9.17, 15) is 27.9 Å². The quantitative estimate of drug-likeness (QED) is 0.606. The van der Waals surface area contributed by atoms with Crippen LogP contribution >= 0.6 is 11.6 Å². The van der Waals surface area contributed by atoms with Crippen LogP contribution in [0.5, 0.6) is 5.88 Å². The molecule has 0 amide bonds. The fraction of sp³-hybridized carbons (Fsp3) is 0.150. The number of aromatic amines is 1. The molecule has 0 saturated heterocycles. The minimum Gasteiger partial charge on any atom is -0.493 e. The first-order valence-corrected chi connectivity index (χ1v) is 8.98. The number of hydrogen-bond donors (Lipinski definition) is 2. The van der Waals surface area contributed by atoms with Crippen molar-refractivity contribution in [3.8, 4) is 11.6 Å². The Hall–Kier alpha value is -3.33. The Morgan fingerprint density at radius 3 is 2.53 bits per heavy atom. The lowest BCUT2D eigenvalue weighted by Crippen LogP contribution is -2.32. The van der Waals surface area contributed by atoms with Crippen LogP contribution in [0.1, 0.15) is 23.6 Å². The largest absolute Gasteiger partial charge is 0.493 e. The fourth-order valence-electron chi connectivity index (χ4n) is 2.92. The zero-order chi connectivity index (χ0) is 22.1. The Morgan fingerprint density at radius 2 is 1.87 bits per heavy atom. The Labute approximate surface area is 172 Å². The molecule has 0 unspecified atom stereocenters. The maximum absolute atomic E-state index is 13.1. The lowest BCUT2D eigenvalue weighted by molar-refractivity contribution is -0.138. The van der Waals surface area contributed by atoms with Crippen molar-refractivity contribution in [2.45, 2.75) is 19.6 Å². The summed E-state index contributed by atoms with van der Waals surface area (Å²) < 4.78 is 40.3. The molecule has 0 saturated carbocycles. The molecule has 30 heavy (non-hydrogen) atoms. The van der Waals surface area contributed by atoms with Crippen molar-refractivity contribution in [2.75, 3.05) is 0 Å². The van der Waals surface area contributed by atoms with Gasteiger partial charge in [-0.15, -0.1) is 0 Å². The first-order chi connectivity index (χ1) is 14.1. The van der Waals surface area contributed by atoms with Crippen molar-refractivity contribution < 1.29 is 18.3 Å². The summed E-state index contributed by atoms with van der Waals surface area (Å²) in [4.78, 5) is 30.6. The van der Waals surface area contributed by atoms with Gasteiger partial charge in [0.05, 0.1) is 23.5 Å². The Balaban J connectivity index is 2.08. The van der Waals surface area contributed by atoms with Crippen LogP contribution in [0, 0.1) is 0 Å². The molecule has 0 fully saturated rings. The molecule has 2 N–H and O–H groups in total. The normalized spacial score (nSPS) is 12.2. The fourth-order valence-corrected chi connectivity index (χ4v) is 3.11. The Morgan fingerprint density at radius 1 is 1.17 bits per heavy atom. The number of hydrogen-bond acceptors (Lipinski definition) is 4. The van der Waals surface area contributed by atoms with Crippen LogP contribution in [0.3, 0.4) is 0 Å². The van der Waals surface area contributed by atoms with E-state index in [2.05, 4.69) is 9.98 Å². The van der Waals surface area contributed by atoms with E-state index in [-0.39, 0.29) is 29.1 Å². The third-order valence-corrected chi connectivity index (χ3v) is 4.56. The molecule has 6 nitrogen and oxygen atoms in total. The summed E-state index contributed by atoms with van der Waals surface area (Å²) in [6.07, 6.45) is -4.56. The number of aliphatic imine (C=N–C) groups is 1. The standard InChI is InChI=1S/C20H15ClF3N3O3/c1-11(25-10-12-5-2-3-8-15(12)20(22,23)24)16-17(28)26-19(30)27(18(16)29)14-7-4-6-13(21)9-14/h2-9,29H,10H2,1H3,(H,26,28,30). The number of H-pyrrole nitrogens is 1. The van der Waals surface area contributed by atoms with Gasteiger partial charge in [0.25, 0.3) is 5.56 Å². The average molecular weight is 438 g/mol. The van der Waals surface area contributed by atoms with Gasteiger partial charge >= 0.3 is 11.9 Å². The molecule has 0 aliphatic carbocycles. The SMILES string of the molecule is CC(=NCc1ccccc1C(F)(F)F)c1c(O)n(-c2cccc(Cl)c2)c(=O)[nH]c1=O. The first kappa shape index (κ1) is 21.4. The molecule has 2 aromatic carbocycles. The summed E-state index contributed by atoms with van der Waals surface area (Å²) in [7, 11) is 0. The molecule has 10 heteroatoms. The van der Waals surface area contributed by atoms with Gasteiger partial charge in [-0.25, -0.2) is 9.36 Å². The highest BCUT2D eigenvalue weighted by molar-refractivity contribution is 6.30. The van der Waals surface area contributed by atoms with Gasteiger partial charge in [-0.2, -0.15) is 13.2 Å². The number of rotatable bonds is 4. The van der Waals surface area contributed by atoms with Crippen LogP contribution < -0.4 is 11.2 Å². The second kappa shape index (κ2) is 8.19.